The number of benzene rings is 1. The maximum Gasteiger partial charge on any atom is 0.241 e. The lowest BCUT2D eigenvalue weighted by Crippen LogP contribution is -2.39. The monoisotopic (exact) mass is 258 g/mol. The number of carbonyl (C=O) groups excluding carboxylic acids is 1. The predicted octanol–water partition coefficient (Wildman–Crippen LogP) is 2.17. The highest BCUT2D eigenvalue weighted by atomic mass is 16.2. The van der Waals surface area contributed by atoms with Crippen molar-refractivity contribution in [2.75, 3.05) is 0 Å². The van der Waals surface area contributed by atoms with Crippen LogP contribution < -0.4 is 5.32 Å². The molecule has 1 aliphatic carbocycles. The molecular formula is C16H22N2O. The Hall–Kier alpha value is -1.35. The minimum absolute atomic E-state index is 0.0415. The van der Waals surface area contributed by atoms with Crippen LogP contribution in [-0.2, 0) is 11.2 Å². The Bertz CT molecular complexity index is 459. The second-order valence-electron chi connectivity index (χ2n) is 5.86. The molecule has 1 heterocycles. The van der Waals surface area contributed by atoms with Crippen molar-refractivity contribution in [1.29, 1.82) is 0 Å². The molecule has 0 radical (unpaired) electrons. The molecule has 3 nitrogen and oxygen atoms in total. The van der Waals surface area contributed by atoms with Crippen LogP contribution in [0.4, 0.5) is 0 Å². The smallest absolute Gasteiger partial charge is 0.241 e. The molecule has 2 fully saturated rings. The van der Waals surface area contributed by atoms with Crippen molar-refractivity contribution in [3.63, 3.8) is 0 Å². The first-order valence-corrected chi connectivity index (χ1v) is 7.33. The second-order valence-corrected chi connectivity index (χ2v) is 5.86. The van der Waals surface area contributed by atoms with E-state index >= 15 is 0 Å². The van der Waals surface area contributed by atoms with E-state index in [0.717, 1.165) is 12.8 Å². The number of amides is 1. The molecule has 4 unspecified atom stereocenters. The van der Waals surface area contributed by atoms with Gasteiger partial charge < -0.3 is 4.90 Å². The van der Waals surface area contributed by atoms with Crippen molar-refractivity contribution in [3.05, 3.63) is 35.9 Å². The van der Waals surface area contributed by atoms with E-state index in [1.54, 1.807) is 0 Å². The number of carbonyl (C=O) groups is 1. The van der Waals surface area contributed by atoms with Crippen LogP contribution in [0, 0.1) is 5.92 Å². The summed E-state index contributed by atoms with van der Waals surface area (Å²) in [5.41, 5.74) is 1.23. The van der Waals surface area contributed by atoms with Crippen LogP contribution in [0.3, 0.4) is 0 Å². The van der Waals surface area contributed by atoms with Crippen LogP contribution in [0.1, 0.15) is 32.3 Å². The van der Waals surface area contributed by atoms with Gasteiger partial charge >= 0.3 is 0 Å². The Morgan fingerprint density at radius 3 is 2.58 bits per heavy atom. The minimum Gasteiger partial charge on any atom is -0.323 e. The van der Waals surface area contributed by atoms with Crippen LogP contribution in [0.25, 0.3) is 0 Å². The highest BCUT2D eigenvalue weighted by molar-refractivity contribution is 5.85. The van der Waals surface area contributed by atoms with Crippen molar-refractivity contribution < 1.29 is 4.79 Å². The summed E-state index contributed by atoms with van der Waals surface area (Å²) in [7, 11) is 0. The first-order chi connectivity index (χ1) is 9.20. The van der Waals surface area contributed by atoms with Crippen LogP contribution in [0.5, 0.6) is 0 Å². The third-order valence-corrected chi connectivity index (χ3v) is 4.38. The maximum absolute atomic E-state index is 12.6. The second kappa shape index (κ2) is 4.97. The van der Waals surface area contributed by atoms with Crippen molar-refractivity contribution in [3.8, 4) is 0 Å². The normalized spacial score (nSPS) is 33.8. The molecule has 3 heteroatoms. The highest BCUT2D eigenvalue weighted by Gasteiger charge is 2.49. The Morgan fingerprint density at radius 1 is 1.32 bits per heavy atom. The summed E-state index contributed by atoms with van der Waals surface area (Å²) in [6, 6.07) is 10.7. The molecular weight excluding hydrogens is 236 g/mol. The Kier molecular flexibility index (Phi) is 3.31. The SMILES string of the molecule is CCC1NC(Cc2ccccc2)C(=O)N1C1CC1C. The van der Waals surface area contributed by atoms with E-state index in [9.17, 15) is 4.79 Å². The topological polar surface area (TPSA) is 32.3 Å². The van der Waals surface area contributed by atoms with Crippen molar-refractivity contribution in [2.24, 2.45) is 5.92 Å². The van der Waals surface area contributed by atoms with Gasteiger partial charge in [0.1, 0.15) is 0 Å². The molecule has 1 N–H and O–H groups in total. The van der Waals surface area contributed by atoms with Crippen LogP contribution in [-0.4, -0.2) is 29.1 Å². The summed E-state index contributed by atoms with van der Waals surface area (Å²) >= 11 is 0. The van der Waals surface area contributed by atoms with Gasteiger partial charge in [-0.3, -0.25) is 10.1 Å². The number of nitrogens with one attached hydrogen (secondary N) is 1. The van der Waals surface area contributed by atoms with Gasteiger partial charge in [0.2, 0.25) is 5.91 Å². The average Bonchev–Trinajstić information content (AvgIpc) is 3.05. The molecule has 0 bridgehead atoms. The Morgan fingerprint density at radius 2 is 2.00 bits per heavy atom. The number of hydrogen-bond acceptors (Lipinski definition) is 2. The fourth-order valence-electron chi connectivity index (χ4n) is 3.11. The van der Waals surface area contributed by atoms with E-state index in [1.807, 2.05) is 18.2 Å². The number of nitrogens with zero attached hydrogens (tertiary/aromatic N) is 1. The lowest BCUT2D eigenvalue weighted by atomic mass is 10.1. The van der Waals surface area contributed by atoms with Gasteiger partial charge in [-0.2, -0.15) is 0 Å². The summed E-state index contributed by atoms with van der Waals surface area (Å²) in [5, 5.41) is 3.51. The highest BCUT2D eigenvalue weighted by Crippen LogP contribution is 2.38. The first-order valence-electron chi connectivity index (χ1n) is 7.33. The standard InChI is InChI=1S/C16H22N2O/c1-3-15-17-13(10-12-7-5-4-6-8-12)16(19)18(15)14-9-11(14)2/h4-8,11,13-15,17H,3,9-10H2,1-2H3. The molecule has 3 rings (SSSR count). The van der Waals surface area contributed by atoms with Gasteiger partial charge in [-0.25, -0.2) is 0 Å². The van der Waals surface area contributed by atoms with E-state index in [1.165, 1.54) is 12.0 Å². The molecule has 1 saturated heterocycles. The predicted molar refractivity (Wildman–Crippen MR) is 75.6 cm³/mol. The molecule has 1 aromatic rings. The van der Waals surface area contributed by atoms with Gasteiger partial charge in [0.15, 0.2) is 0 Å². The van der Waals surface area contributed by atoms with Gasteiger partial charge in [-0.15, -0.1) is 0 Å². The van der Waals surface area contributed by atoms with Gasteiger partial charge in [0.25, 0.3) is 0 Å². The average molecular weight is 258 g/mol. The fourth-order valence-corrected chi connectivity index (χ4v) is 3.11. The van der Waals surface area contributed by atoms with E-state index in [2.05, 4.69) is 36.2 Å². The molecule has 1 aromatic carbocycles. The third kappa shape index (κ3) is 2.39. The lowest BCUT2D eigenvalue weighted by Gasteiger charge is -2.23. The van der Waals surface area contributed by atoms with E-state index in [0.29, 0.717) is 17.9 Å². The Balaban J connectivity index is 1.72. The van der Waals surface area contributed by atoms with Crippen molar-refractivity contribution in [1.82, 2.24) is 10.2 Å². The molecule has 19 heavy (non-hydrogen) atoms. The molecule has 4 atom stereocenters. The van der Waals surface area contributed by atoms with Crippen molar-refractivity contribution in [2.45, 2.75) is 51.4 Å². The molecule has 1 saturated carbocycles. The quantitative estimate of drug-likeness (QED) is 0.897. The summed E-state index contributed by atoms with van der Waals surface area (Å²) < 4.78 is 0. The van der Waals surface area contributed by atoms with Crippen LogP contribution >= 0.6 is 0 Å². The molecule has 102 valence electrons. The van der Waals surface area contributed by atoms with Gasteiger partial charge in [0.05, 0.1) is 12.2 Å². The zero-order valence-corrected chi connectivity index (χ0v) is 11.7. The van der Waals surface area contributed by atoms with Gasteiger partial charge in [-0.1, -0.05) is 44.2 Å². The van der Waals surface area contributed by atoms with Gasteiger partial charge in [-0.05, 0) is 30.7 Å². The molecule has 0 aromatic heterocycles. The third-order valence-electron chi connectivity index (χ3n) is 4.38. The number of hydrogen-bond donors (Lipinski definition) is 1. The molecule has 1 aliphatic heterocycles. The van der Waals surface area contributed by atoms with Crippen LogP contribution in [0.2, 0.25) is 0 Å². The molecule has 2 aliphatic rings. The first kappa shape index (κ1) is 12.7. The summed E-state index contributed by atoms with van der Waals surface area (Å²) in [6.07, 6.45) is 3.19. The van der Waals surface area contributed by atoms with E-state index in [4.69, 9.17) is 0 Å². The Labute approximate surface area is 115 Å². The lowest BCUT2D eigenvalue weighted by molar-refractivity contribution is -0.130. The molecule has 0 spiro atoms. The fraction of sp³-hybridized carbons (Fsp3) is 0.562. The van der Waals surface area contributed by atoms with Crippen molar-refractivity contribution >= 4 is 5.91 Å². The van der Waals surface area contributed by atoms with E-state index < -0.39 is 0 Å². The maximum atomic E-state index is 12.6. The summed E-state index contributed by atoms with van der Waals surface area (Å²) in [6.45, 7) is 4.38. The minimum atomic E-state index is -0.0415. The largest absolute Gasteiger partial charge is 0.323 e. The molecule has 1 amide bonds. The van der Waals surface area contributed by atoms with Crippen LogP contribution in [0.15, 0.2) is 30.3 Å². The summed E-state index contributed by atoms with van der Waals surface area (Å²) in [4.78, 5) is 14.7. The zero-order chi connectivity index (χ0) is 13.4. The summed E-state index contributed by atoms with van der Waals surface area (Å²) in [5.74, 6) is 0.973. The number of rotatable bonds is 4. The van der Waals surface area contributed by atoms with Gasteiger partial charge in [0, 0.05) is 6.04 Å². The van der Waals surface area contributed by atoms with E-state index in [-0.39, 0.29) is 12.2 Å². The zero-order valence-electron chi connectivity index (χ0n) is 11.7.